The lowest BCUT2D eigenvalue weighted by Gasteiger charge is -2.28. The molecular formula is C36H51N7O7. The van der Waals surface area contributed by atoms with Gasteiger partial charge in [0.05, 0.1) is 34.8 Å². The van der Waals surface area contributed by atoms with Gasteiger partial charge in [0.1, 0.15) is 23.3 Å². The van der Waals surface area contributed by atoms with Gasteiger partial charge in [0.15, 0.2) is 0 Å². The standard InChI is InChI=1S/C36H51N7O7/c1-35(2,3)49-33(46)41-17-7-9-29(41)31(44)39-25-13-11-21(19-23(25)37)27-15-16-28(43(27)48)22-12-14-26(24(38)20-22)40-32(45)30-10-8-18-42(30)34(47)50-36(4,5)6/h11-14,19-20,27-30,48H,7-10,15-18,37-38H2,1-6H3,(H,39,44)(H,40,45). The first-order valence-electron chi connectivity index (χ1n) is 17.3. The second-order valence-corrected chi connectivity index (χ2v) is 15.3. The maximum absolute atomic E-state index is 13.2. The van der Waals surface area contributed by atoms with Gasteiger partial charge >= 0.3 is 12.2 Å². The number of nitrogens with zero attached hydrogens (tertiary/aromatic N) is 3. The summed E-state index contributed by atoms with van der Waals surface area (Å²) in [5, 5.41) is 18.3. The van der Waals surface area contributed by atoms with Crippen molar-refractivity contribution < 1.29 is 33.9 Å². The number of nitrogen functional groups attached to an aromatic ring is 2. The molecule has 4 unspecified atom stereocenters. The SMILES string of the molecule is CC(C)(C)OC(=O)N1CCCC1C(=O)Nc1ccc(C2CCC(c3ccc(NC(=O)C4CCCN4C(=O)OC(C)(C)C)c(N)c3)N2O)cc1N. The number of nitrogens with one attached hydrogen (secondary N) is 2. The summed E-state index contributed by atoms with van der Waals surface area (Å²) >= 11 is 0. The molecule has 14 nitrogen and oxygen atoms in total. The molecule has 14 heteroatoms. The minimum atomic E-state index is -0.669. The summed E-state index contributed by atoms with van der Waals surface area (Å²) in [5.74, 6) is -0.670. The highest BCUT2D eigenvalue weighted by molar-refractivity contribution is 6.00. The highest BCUT2D eigenvalue weighted by Crippen LogP contribution is 2.44. The van der Waals surface area contributed by atoms with Crippen LogP contribution in [0.25, 0.3) is 0 Å². The smallest absolute Gasteiger partial charge is 0.410 e. The number of hydrogen-bond acceptors (Lipinski definition) is 10. The molecule has 2 aromatic rings. The number of likely N-dealkylation sites (tertiary alicyclic amines) is 2. The zero-order valence-electron chi connectivity index (χ0n) is 29.8. The third-order valence-corrected chi connectivity index (χ3v) is 9.16. The molecule has 3 heterocycles. The van der Waals surface area contributed by atoms with Gasteiger partial charge in [-0.1, -0.05) is 12.1 Å². The van der Waals surface area contributed by atoms with Gasteiger partial charge in [-0.3, -0.25) is 19.4 Å². The van der Waals surface area contributed by atoms with E-state index in [1.807, 2.05) is 12.1 Å². The molecule has 3 aliphatic rings. The van der Waals surface area contributed by atoms with E-state index in [1.54, 1.807) is 65.8 Å². The Morgan fingerprint density at radius 2 is 1.06 bits per heavy atom. The molecule has 0 aliphatic carbocycles. The average Bonchev–Trinajstić information content (AvgIpc) is 3.78. The van der Waals surface area contributed by atoms with Crippen LogP contribution >= 0.6 is 0 Å². The predicted octanol–water partition coefficient (Wildman–Crippen LogP) is 5.79. The van der Waals surface area contributed by atoms with Crippen molar-refractivity contribution >= 4 is 46.8 Å². The van der Waals surface area contributed by atoms with Gasteiger partial charge in [-0.2, -0.15) is 5.06 Å². The molecule has 0 saturated carbocycles. The minimum absolute atomic E-state index is 0.335. The van der Waals surface area contributed by atoms with Crippen molar-refractivity contribution in [2.75, 3.05) is 35.2 Å². The first kappa shape index (κ1) is 36.7. The third-order valence-electron chi connectivity index (χ3n) is 9.16. The molecule has 7 N–H and O–H groups in total. The van der Waals surface area contributed by atoms with Crippen molar-refractivity contribution in [2.24, 2.45) is 0 Å². The highest BCUT2D eigenvalue weighted by atomic mass is 16.6. The van der Waals surface area contributed by atoms with Crippen LogP contribution in [-0.2, 0) is 19.1 Å². The summed E-state index contributed by atoms with van der Waals surface area (Å²) in [7, 11) is 0. The summed E-state index contributed by atoms with van der Waals surface area (Å²) in [5.41, 5.74) is 14.5. The Balaban J connectivity index is 1.20. The second kappa shape index (κ2) is 14.4. The quantitative estimate of drug-likeness (QED) is 0.231. The Bertz CT molecular complexity index is 1500. The van der Waals surface area contributed by atoms with E-state index in [0.29, 0.717) is 74.4 Å². The lowest BCUT2D eigenvalue weighted by Crippen LogP contribution is -2.45. The van der Waals surface area contributed by atoms with E-state index in [4.69, 9.17) is 20.9 Å². The average molecular weight is 694 g/mol. The van der Waals surface area contributed by atoms with Crippen molar-refractivity contribution in [1.29, 1.82) is 0 Å². The number of ether oxygens (including phenoxy) is 2. The molecular weight excluding hydrogens is 642 g/mol. The van der Waals surface area contributed by atoms with Crippen molar-refractivity contribution in [1.82, 2.24) is 14.9 Å². The maximum Gasteiger partial charge on any atom is 0.410 e. The molecule has 5 rings (SSSR count). The fourth-order valence-electron chi connectivity index (χ4n) is 6.83. The monoisotopic (exact) mass is 693 g/mol. The number of hydrogen-bond donors (Lipinski definition) is 5. The Morgan fingerprint density at radius 1 is 0.680 bits per heavy atom. The van der Waals surface area contributed by atoms with Crippen LogP contribution in [0, 0.1) is 0 Å². The van der Waals surface area contributed by atoms with E-state index in [1.165, 1.54) is 14.9 Å². The van der Waals surface area contributed by atoms with Crippen LogP contribution in [0.2, 0.25) is 0 Å². The van der Waals surface area contributed by atoms with Gasteiger partial charge in [0.25, 0.3) is 0 Å². The van der Waals surface area contributed by atoms with E-state index < -0.39 is 35.5 Å². The fraction of sp³-hybridized carbons (Fsp3) is 0.556. The number of hydroxylamine groups is 2. The van der Waals surface area contributed by atoms with E-state index in [0.717, 1.165) is 11.1 Å². The normalized spacial score (nSPS) is 22.8. The molecule has 3 saturated heterocycles. The number of carbonyl (C=O) groups excluding carboxylic acids is 4. The number of rotatable bonds is 6. The van der Waals surface area contributed by atoms with Crippen molar-refractivity contribution in [3.63, 3.8) is 0 Å². The molecule has 0 spiro atoms. The van der Waals surface area contributed by atoms with Crippen LogP contribution in [0.15, 0.2) is 36.4 Å². The Morgan fingerprint density at radius 3 is 1.40 bits per heavy atom. The third kappa shape index (κ3) is 8.41. The lowest BCUT2D eigenvalue weighted by atomic mass is 10.0. The molecule has 272 valence electrons. The van der Waals surface area contributed by atoms with Gasteiger partial charge in [0, 0.05) is 13.1 Å². The second-order valence-electron chi connectivity index (χ2n) is 15.3. The first-order valence-corrected chi connectivity index (χ1v) is 17.3. The van der Waals surface area contributed by atoms with E-state index in [2.05, 4.69) is 10.6 Å². The molecule has 0 bridgehead atoms. The van der Waals surface area contributed by atoms with Gasteiger partial charge in [-0.15, -0.1) is 0 Å². The van der Waals surface area contributed by atoms with Gasteiger partial charge in [-0.05, 0) is 115 Å². The van der Waals surface area contributed by atoms with Crippen molar-refractivity contribution in [3.8, 4) is 0 Å². The number of carbonyl (C=O) groups is 4. The molecule has 0 radical (unpaired) electrons. The van der Waals surface area contributed by atoms with E-state index in [-0.39, 0.29) is 23.9 Å². The number of amides is 4. The maximum atomic E-state index is 13.2. The Labute approximate surface area is 293 Å². The molecule has 2 aromatic carbocycles. The molecule has 50 heavy (non-hydrogen) atoms. The zero-order valence-corrected chi connectivity index (χ0v) is 29.8. The van der Waals surface area contributed by atoms with Crippen LogP contribution in [0.3, 0.4) is 0 Å². The van der Waals surface area contributed by atoms with Crippen molar-refractivity contribution in [2.45, 2.75) is 115 Å². The Hall–Kier alpha value is -4.56. The lowest BCUT2D eigenvalue weighted by molar-refractivity contribution is -0.137. The van der Waals surface area contributed by atoms with Crippen molar-refractivity contribution in [3.05, 3.63) is 47.5 Å². The van der Waals surface area contributed by atoms with Crippen LogP contribution in [-0.4, -0.2) is 80.4 Å². The summed E-state index contributed by atoms with van der Waals surface area (Å²) in [4.78, 5) is 54.6. The topological polar surface area (TPSA) is 193 Å². The largest absolute Gasteiger partial charge is 0.444 e. The van der Waals surface area contributed by atoms with Gasteiger partial charge in [-0.25, -0.2) is 9.59 Å². The summed E-state index contributed by atoms with van der Waals surface area (Å²) in [6.07, 6.45) is 2.68. The summed E-state index contributed by atoms with van der Waals surface area (Å²) in [6, 6.07) is 8.51. The number of anilines is 4. The van der Waals surface area contributed by atoms with Crippen LogP contribution in [0.4, 0.5) is 32.3 Å². The highest BCUT2D eigenvalue weighted by Gasteiger charge is 2.39. The predicted molar refractivity (Wildman–Crippen MR) is 189 cm³/mol. The number of nitrogens with two attached hydrogens (primary N) is 2. The molecule has 4 atom stereocenters. The van der Waals surface area contributed by atoms with Gasteiger partial charge < -0.3 is 36.8 Å². The first-order chi connectivity index (χ1) is 23.4. The van der Waals surface area contributed by atoms with Crippen LogP contribution < -0.4 is 22.1 Å². The van der Waals surface area contributed by atoms with Crippen LogP contribution in [0.5, 0.6) is 0 Å². The van der Waals surface area contributed by atoms with Crippen LogP contribution in [0.1, 0.15) is 103 Å². The molecule has 0 aromatic heterocycles. The Kier molecular flexibility index (Phi) is 10.5. The number of benzene rings is 2. The van der Waals surface area contributed by atoms with E-state index in [9.17, 15) is 24.4 Å². The molecule has 3 aliphatic heterocycles. The fourth-order valence-corrected chi connectivity index (χ4v) is 6.83. The zero-order chi connectivity index (χ0) is 36.5. The molecule has 3 fully saturated rings. The summed E-state index contributed by atoms with van der Waals surface area (Å²) in [6.45, 7) is 11.6. The summed E-state index contributed by atoms with van der Waals surface area (Å²) < 4.78 is 11.0. The van der Waals surface area contributed by atoms with Gasteiger partial charge in [0.2, 0.25) is 11.8 Å². The minimum Gasteiger partial charge on any atom is -0.444 e. The van der Waals surface area contributed by atoms with E-state index >= 15 is 0 Å². The molecule has 4 amide bonds.